The zero-order chi connectivity index (χ0) is 13.1. The second kappa shape index (κ2) is 5.66. The summed E-state index contributed by atoms with van der Waals surface area (Å²) in [6.45, 7) is 0.746. The SMILES string of the molecule is O=C(c1ccnnc1)N1CCSC[C@H]1c1nccs1. The average molecular weight is 292 g/mol. The molecule has 5 nitrogen and oxygen atoms in total. The molecule has 2 aromatic heterocycles. The van der Waals surface area contributed by atoms with Gasteiger partial charge in [-0.1, -0.05) is 0 Å². The molecule has 0 spiro atoms. The first kappa shape index (κ1) is 12.6. The summed E-state index contributed by atoms with van der Waals surface area (Å²) in [5, 5.41) is 10.4. The number of thioether (sulfide) groups is 1. The van der Waals surface area contributed by atoms with Gasteiger partial charge < -0.3 is 4.90 Å². The van der Waals surface area contributed by atoms with Crippen molar-refractivity contribution in [1.82, 2.24) is 20.1 Å². The Morgan fingerprint density at radius 3 is 3.05 bits per heavy atom. The Balaban J connectivity index is 1.87. The molecule has 3 heterocycles. The largest absolute Gasteiger partial charge is 0.327 e. The maximum absolute atomic E-state index is 12.5. The van der Waals surface area contributed by atoms with Crippen molar-refractivity contribution in [1.29, 1.82) is 0 Å². The molecular weight excluding hydrogens is 280 g/mol. The normalized spacial score (nSPS) is 19.4. The van der Waals surface area contributed by atoms with Gasteiger partial charge in [-0.15, -0.1) is 11.3 Å². The summed E-state index contributed by atoms with van der Waals surface area (Å²) in [4.78, 5) is 18.8. The van der Waals surface area contributed by atoms with Crippen molar-refractivity contribution in [2.45, 2.75) is 6.04 Å². The first-order chi connectivity index (χ1) is 9.36. The number of rotatable bonds is 2. The summed E-state index contributed by atoms with van der Waals surface area (Å²) in [6.07, 6.45) is 4.85. The van der Waals surface area contributed by atoms with Gasteiger partial charge in [-0.2, -0.15) is 22.0 Å². The maximum atomic E-state index is 12.5. The van der Waals surface area contributed by atoms with Crippen LogP contribution in [0.4, 0.5) is 0 Å². The summed E-state index contributed by atoms with van der Waals surface area (Å²) in [5.41, 5.74) is 0.587. The minimum atomic E-state index is 0.00963. The van der Waals surface area contributed by atoms with Gasteiger partial charge in [-0.3, -0.25) is 4.79 Å². The third kappa shape index (κ3) is 2.62. The molecule has 1 saturated heterocycles. The molecule has 1 atom stereocenters. The number of carbonyl (C=O) groups is 1. The number of nitrogens with zero attached hydrogens (tertiary/aromatic N) is 4. The standard InChI is InChI=1S/C12H12N4OS2/c17-12(9-1-2-14-15-7-9)16-4-6-18-8-10(16)11-13-3-5-19-11/h1-3,5,7,10H,4,6,8H2/t10-/m0/s1. The predicted molar refractivity (Wildman–Crippen MR) is 75.2 cm³/mol. The van der Waals surface area contributed by atoms with Crippen molar-refractivity contribution in [2.75, 3.05) is 18.1 Å². The van der Waals surface area contributed by atoms with Crippen LogP contribution in [0.15, 0.2) is 30.0 Å². The van der Waals surface area contributed by atoms with Gasteiger partial charge in [0.05, 0.1) is 24.0 Å². The molecule has 2 aromatic rings. The van der Waals surface area contributed by atoms with E-state index >= 15 is 0 Å². The van der Waals surface area contributed by atoms with Gasteiger partial charge in [0.15, 0.2) is 0 Å². The third-order valence-corrected chi connectivity index (χ3v) is 4.86. The van der Waals surface area contributed by atoms with E-state index in [1.807, 2.05) is 22.0 Å². The first-order valence-corrected chi connectivity index (χ1v) is 7.94. The van der Waals surface area contributed by atoms with Gasteiger partial charge in [0.25, 0.3) is 5.91 Å². The molecule has 1 fully saturated rings. The van der Waals surface area contributed by atoms with E-state index in [1.54, 1.807) is 29.8 Å². The van der Waals surface area contributed by atoms with Gasteiger partial charge in [0.1, 0.15) is 5.01 Å². The highest BCUT2D eigenvalue weighted by Gasteiger charge is 2.30. The second-order valence-corrected chi connectivity index (χ2v) is 6.17. The van der Waals surface area contributed by atoms with Gasteiger partial charge in [0, 0.05) is 29.6 Å². The number of hydrogen-bond donors (Lipinski definition) is 0. The van der Waals surface area contributed by atoms with Crippen LogP contribution in [0, 0.1) is 0 Å². The average Bonchev–Trinajstić information content (AvgIpc) is 3.01. The lowest BCUT2D eigenvalue weighted by Gasteiger charge is -2.34. The molecule has 1 aliphatic heterocycles. The van der Waals surface area contributed by atoms with Crippen LogP contribution in [-0.4, -0.2) is 44.0 Å². The van der Waals surface area contributed by atoms with Crippen LogP contribution in [0.5, 0.6) is 0 Å². The first-order valence-electron chi connectivity index (χ1n) is 5.91. The van der Waals surface area contributed by atoms with Crippen molar-refractivity contribution in [3.05, 3.63) is 40.6 Å². The van der Waals surface area contributed by atoms with E-state index in [4.69, 9.17) is 0 Å². The van der Waals surface area contributed by atoms with Crippen LogP contribution in [0.1, 0.15) is 21.4 Å². The minimum absolute atomic E-state index is 0.00963. The van der Waals surface area contributed by atoms with Crippen LogP contribution in [0.3, 0.4) is 0 Å². The van der Waals surface area contributed by atoms with E-state index in [1.165, 1.54) is 6.20 Å². The monoisotopic (exact) mass is 292 g/mol. The highest BCUT2D eigenvalue weighted by atomic mass is 32.2. The van der Waals surface area contributed by atoms with E-state index in [0.717, 1.165) is 23.1 Å². The molecule has 0 aromatic carbocycles. The quantitative estimate of drug-likeness (QED) is 0.845. The van der Waals surface area contributed by atoms with Crippen molar-refractivity contribution in [3.8, 4) is 0 Å². The van der Waals surface area contributed by atoms with Gasteiger partial charge in [-0.25, -0.2) is 4.98 Å². The van der Waals surface area contributed by atoms with Gasteiger partial charge in [0.2, 0.25) is 0 Å². The number of thiazole rings is 1. The van der Waals surface area contributed by atoms with Crippen LogP contribution < -0.4 is 0 Å². The van der Waals surface area contributed by atoms with Crippen LogP contribution in [-0.2, 0) is 0 Å². The Kier molecular flexibility index (Phi) is 3.74. The second-order valence-electron chi connectivity index (χ2n) is 4.09. The fourth-order valence-corrected chi connectivity index (χ4v) is 3.94. The summed E-state index contributed by atoms with van der Waals surface area (Å²) < 4.78 is 0. The lowest BCUT2D eigenvalue weighted by molar-refractivity contribution is 0.0700. The minimum Gasteiger partial charge on any atom is -0.327 e. The Bertz CT molecular complexity index is 546. The van der Waals surface area contributed by atoms with E-state index in [0.29, 0.717) is 5.56 Å². The maximum Gasteiger partial charge on any atom is 0.256 e. The summed E-state index contributed by atoms with van der Waals surface area (Å²) in [5.74, 6) is 1.87. The highest BCUT2D eigenvalue weighted by Crippen LogP contribution is 2.31. The lowest BCUT2D eigenvalue weighted by Crippen LogP contribution is -2.40. The summed E-state index contributed by atoms with van der Waals surface area (Å²) in [6, 6.07) is 1.77. The topological polar surface area (TPSA) is 59.0 Å². The van der Waals surface area contributed by atoms with Crippen molar-refractivity contribution in [2.24, 2.45) is 0 Å². The molecule has 0 N–H and O–H groups in total. The van der Waals surface area contributed by atoms with E-state index < -0.39 is 0 Å². The molecule has 98 valence electrons. The summed E-state index contributed by atoms with van der Waals surface area (Å²) in [7, 11) is 0. The van der Waals surface area contributed by atoms with Crippen molar-refractivity contribution < 1.29 is 4.79 Å². The molecular formula is C12H12N4OS2. The Hall–Kier alpha value is -1.47. The smallest absolute Gasteiger partial charge is 0.256 e. The Labute approximate surface area is 119 Å². The number of carbonyl (C=O) groups excluding carboxylic acids is 1. The molecule has 0 unspecified atom stereocenters. The van der Waals surface area contributed by atoms with Crippen LogP contribution in [0.25, 0.3) is 0 Å². The van der Waals surface area contributed by atoms with Crippen LogP contribution in [0.2, 0.25) is 0 Å². The van der Waals surface area contributed by atoms with Gasteiger partial charge >= 0.3 is 0 Å². The fourth-order valence-electron chi connectivity index (χ4n) is 2.03. The zero-order valence-electron chi connectivity index (χ0n) is 10.1. The van der Waals surface area contributed by atoms with Crippen molar-refractivity contribution >= 4 is 29.0 Å². The Morgan fingerprint density at radius 2 is 2.32 bits per heavy atom. The van der Waals surface area contributed by atoms with Crippen molar-refractivity contribution in [3.63, 3.8) is 0 Å². The zero-order valence-corrected chi connectivity index (χ0v) is 11.7. The molecule has 0 bridgehead atoms. The molecule has 0 aliphatic carbocycles. The molecule has 7 heteroatoms. The van der Waals surface area contributed by atoms with Crippen LogP contribution >= 0.6 is 23.1 Å². The lowest BCUT2D eigenvalue weighted by atomic mass is 10.2. The van der Waals surface area contributed by atoms with E-state index in [-0.39, 0.29) is 11.9 Å². The molecule has 3 rings (SSSR count). The number of hydrogen-bond acceptors (Lipinski definition) is 6. The van der Waals surface area contributed by atoms with E-state index in [9.17, 15) is 4.79 Å². The highest BCUT2D eigenvalue weighted by molar-refractivity contribution is 7.99. The van der Waals surface area contributed by atoms with E-state index in [2.05, 4.69) is 15.2 Å². The number of amides is 1. The molecule has 0 saturated carbocycles. The number of aromatic nitrogens is 3. The Morgan fingerprint density at radius 1 is 1.37 bits per heavy atom. The van der Waals surface area contributed by atoms with Gasteiger partial charge in [-0.05, 0) is 6.07 Å². The molecule has 1 aliphatic rings. The fraction of sp³-hybridized carbons (Fsp3) is 0.333. The molecule has 19 heavy (non-hydrogen) atoms. The summed E-state index contributed by atoms with van der Waals surface area (Å²) >= 11 is 3.46. The molecule has 1 amide bonds. The molecule has 0 radical (unpaired) electrons. The third-order valence-electron chi connectivity index (χ3n) is 2.96. The predicted octanol–water partition coefficient (Wildman–Crippen LogP) is 1.86.